The van der Waals surface area contributed by atoms with E-state index in [1.807, 2.05) is 12.1 Å². The maximum Gasteiger partial charge on any atom is 0.422 e. The Morgan fingerprint density at radius 2 is 1.62 bits per heavy atom. The third-order valence-electron chi connectivity index (χ3n) is 4.72. The lowest BCUT2D eigenvalue weighted by Crippen LogP contribution is -2.21. The molecule has 1 aromatic heterocycles. The van der Waals surface area contributed by atoms with Gasteiger partial charge in [-0.3, -0.25) is 0 Å². The van der Waals surface area contributed by atoms with Gasteiger partial charge in [-0.15, -0.1) is 0 Å². The first-order valence-corrected chi connectivity index (χ1v) is 10.0. The molecule has 0 bridgehead atoms. The van der Waals surface area contributed by atoms with Gasteiger partial charge in [-0.05, 0) is 24.0 Å². The molecular formula is C22H27F4NO2. The van der Waals surface area contributed by atoms with Crippen LogP contribution in [0.3, 0.4) is 0 Å². The number of carbonyl (C=O) groups excluding carboxylic acids is 1. The summed E-state index contributed by atoms with van der Waals surface area (Å²) < 4.78 is 55.0. The van der Waals surface area contributed by atoms with Crippen LogP contribution < -0.4 is 0 Å². The van der Waals surface area contributed by atoms with Crippen LogP contribution in [-0.4, -0.2) is 23.7 Å². The van der Waals surface area contributed by atoms with Crippen molar-refractivity contribution in [3.63, 3.8) is 0 Å². The van der Waals surface area contributed by atoms with E-state index in [0.717, 1.165) is 18.4 Å². The Balaban J connectivity index is 1.88. The first-order valence-electron chi connectivity index (χ1n) is 10.0. The molecule has 7 heteroatoms. The largest absolute Gasteiger partial charge is 0.451 e. The summed E-state index contributed by atoms with van der Waals surface area (Å²) in [5.41, 5.74) is 1.18. The summed E-state index contributed by atoms with van der Waals surface area (Å²) in [5.74, 6) is -2.29. The van der Waals surface area contributed by atoms with Crippen LogP contribution in [0.2, 0.25) is 0 Å². The van der Waals surface area contributed by atoms with Crippen molar-refractivity contribution in [2.24, 2.45) is 0 Å². The summed E-state index contributed by atoms with van der Waals surface area (Å²) in [5, 5.41) is 0. The monoisotopic (exact) mass is 413 g/mol. The van der Waals surface area contributed by atoms with Crippen LogP contribution in [0, 0.1) is 5.82 Å². The summed E-state index contributed by atoms with van der Waals surface area (Å²) in [6.07, 6.45) is 6.15. The van der Waals surface area contributed by atoms with Crippen molar-refractivity contribution in [2.45, 2.75) is 64.5 Å². The molecule has 0 atom stereocenters. The van der Waals surface area contributed by atoms with Gasteiger partial charge in [-0.1, -0.05) is 69.7 Å². The minimum atomic E-state index is -4.66. The van der Waals surface area contributed by atoms with Gasteiger partial charge in [0.25, 0.3) is 0 Å². The van der Waals surface area contributed by atoms with Crippen molar-refractivity contribution in [1.29, 1.82) is 0 Å². The van der Waals surface area contributed by atoms with Crippen LogP contribution in [0.15, 0.2) is 30.5 Å². The number of hydrogen-bond donors (Lipinski definition) is 1. The van der Waals surface area contributed by atoms with Crippen molar-refractivity contribution in [3.8, 4) is 11.1 Å². The quantitative estimate of drug-likeness (QED) is 0.249. The Kier molecular flexibility index (Phi) is 8.73. The van der Waals surface area contributed by atoms with Gasteiger partial charge in [-0.25, -0.2) is 9.18 Å². The molecule has 1 heterocycles. The fourth-order valence-electron chi connectivity index (χ4n) is 3.12. The minimum Gasteiger partial charge on any atom is -0.451 e. The highest BCUT2D eigenvalue weighted by atomic mass is 19.4. The van der Waals surface area contributed by atoms with Gasteiger partial charge < -0.3 is 9.72 Å². The molecule has 0 aliphatic heterocycles. The van der Waals surface area contributed by atoms with E-state index in [9.17, 15) is 22.4 Å². The summed E-state index contributed by atoms with van der Waals surface area (Å²) in [6.45, 7) is 0.441. The van der Waals surface area contributed by atoms with Gasteiger partial charge in [0.1, 0.15) is 0 Å². The second-order valence-electron chi connectivity index (χ2n) is 7.15. The zero-order valence-electron chi connectivity index (χ0n) is 16.6. The number of aromatic nitrogens is 1. The van der Waals surface area contributed by atoms with E-state index in [4.69, 9.17) is 0 Å². The second-order valence-corrected chi connectivity index (χ2v) is 7.15. The number of aromatic amines is 1. The number of unbranched alkanes of at least 4 members (excludes halogenated alkanes) is 6. The van der Waals surface area contributed by atoms with Gasteiger partial charge >= 0.3 is 12.1 Å². The molecule has 1 aromatic carbocycles. The van der Waals surface area contributed by atoms with Crippen LogP contribution in [0.5, 0.6) is 0 Å². The number of benzene rings is 1. The Labute approximate surface area is 168 Å². The highest BCUT2D eigenvalue weighted by Gasteiger charge is 2.31. The number of rotatable bonds is 11. The molecule has 3 nitrogen and oxygen atoms in total. The number of nitrogens with one attached hydrogen (secondary N) is 1. The molecular weight excluding hydrogens is 386 g/mol. The highest BCUT2D eigenvalue weighted by Crippen LogP contribution is 2.26. The second kappa shape index (κ2) is 11.0. The summed E-state index contributed by atoms with van der Waals surface area (Å²) in [6, 6.07) is 7.29. The highest BCUT2D eigenvalue weighted by molar-refractivity contribution is 5.90. The number of H-pyrrole nitrogens is 1. The third kappa shape index (κ3) is 7.55. The molecule has 0 aliphatic carbocycles. The number of aryl methyl sites for hydroxylation is 1. The molecule has 0 saturated carbocycles. The smallest absolute Gasteiger partial charge is 0.422 e. The minimum absolute atomic E-state index is 0.117. The van der Waals surface area contributed by atoms with Gasteiger partial charge in [0.05, 0.1) is 0 Å². The van der Waals surface area contributed by atoms with E-state index in [0.29, 0.717) is 5.56 Å². The first-order chi connectivity index (χ1) is 13.8. The first kappa shape index (κ1) is 23.0. The van der Waals surface area contributed by atoms with E-state index in [2.05, 4.69) is 16.6 Å². The Bertz CT molecular complexity index is 766. The molecule has 1 N–H and O–H groups in total. The normalized spacial score (nSPS) is 11.6. The zero-order chi connectivity index (χ0) is 21.3. The summed E-state index contributed by atoms with van der Waals surface area (Å²) in [4.78, 5) is 14.0. The molecule has 0 aliphatic rings. The predicted octanol–water partition coefficient (Wildman–Crippen LogP) is 6.83. The zero-order valence-corrected chi connectivity index (χ0v) is 16.6. The number of halogens is 4. The molecule has 0 amide bonds. The van der Waals surface area contributed by atoms with E-state index in [1.165, 1.54) is 44.7 Å². The average molecular weight is 413 g/mol. The SMILES string of the molecule is CCCCCCCCCc1ccc(-c2c[nH]c(C(=O)OCC(F)(F)F)c2F)cc1. The molecule has 0 spiro atoms. The van der Waals surface area contributed by atoms with Gasteiger partial charge in [0.15, 0.2) is 18.1 Å². The summed E-state index contributed by atoms with van der Waals surface area (Å²) >= 11 is 0. The molecule has 0 radical (unpaired) electrons. The molecule has 29 heavy (non-hydrogen) atoms. The molecule has 0 fully saturated rings. The van der Waals surface area contributed by atoms with Crippen molar-refractivity contribution >= 4 is 5.97 Å². The van der Waals surface area contributed by atoms with Crippen molar-refractivity contribution < 1.29 is 27.1 Å². The third-order valence-corrected chi connectivity index (χ3v) is 4.72. The topological polar surface area (TPSA) is 42.1 Å². The van der Waals surface area contributed by atoms with E-state index in [-0.39, 0.29) is 5.56 Å². The standard InChI is InChI=1S/C22H27F4NO2/c1-2-3-4-5-6-7-8-9-16-10-12-17(13-11-16)18-14-27-20(19(18)23)21(28)29-15-22(24,25)26/h10-14,27H,2-9,15H2,1H3. The Morgan fingerprint density at radius 3 is 2.24 bits per heavy atom. The van der Waals surface area contributed by atoms with E-state index >= 15 is 0 Å². The number of ether oxygens (including phenoxy) is 1. The van der Waals surface area contributed by atoms with Crippen LogP contribution in [0.25, 0.3) is 11.1 Å². The van der Waals surface area contributed by atoms with Gasteiger partial charge in [0, 0.05) is 11.8 Å². The maximum atomic E-state index is 14.5. The number of alkyl halides is 3. The lowest BCUT2D eigenvalue weighted by molar-refractivity contribution is -0.161. The summed E-state index contributed by atoms with van der Waals surface area (Å²) in [7, 11) is 0. The molecule has 160 valence electrons. The van der Waals surface area contributed by atoms with Crippen molar-refractivity contribution in [2.75, 3.05) is 6.61 Å². The van der Waals surface area contributed by atoms with Crippen LogP contribution in [0.1, 0.15) is 67.9 Å². The maximum absolute atomic E-state index is 14.5. The number of carbonyl (C=O) groups is 1. The Morgan fingerprint density at radius 1 is 1.00 bits per heavy atom. The van der Waals surface area contributed by atoms with Crippen LogP contribution in [-0.2, 0) is 11.2 Å². The lowest BCUT2D eigenvalue weighted by Gasteiger charge is -2.07. The predicted molar refractivity (Wildman–Crippen MR) is 104 cm³/mol. The lowest BCUT2D eigenvalue weighted by atomic mass is 10.0. The van der Waals surface area contributed by atoms with Gasteiger partial charge in [-0.2, -0.15) is 13.2 Å². The van der Waals surface area contributed by atoms with Crippen LogP contribution in [0.4, 0.5) is 17.6 Å². The fraction of sp³-hybridized carbons (Fsp3) is 0.500. The van der Waals surface area contributed by atoms with Crippen LogP contribution >= 0.6 is 0 Å². The fourth-order valence-corrected chi connectivity index (χ4v) is 3.12. The number of hydrogen-bond acceptors (Lipinski definition) is 2. The average Bonchev–Trinajstić information content (AvgIpc) is 3.07. The van der Waals surface area contributed by atoms with Gasteiger partial charge in [0.2, 0.25) is 0 Å². The molecule has 2 aromatic rings. The molecule has 2 rings (SSSR count). The Hall–Kier alpha value is -2.31. The molecule has 0 saturated heterocycles. The number of esters is 1. The van der Waals surface area contributed by atoms with Crippen molar-refractivity contribution in [1.82, 2.24) is 4.98 Å². The van der Waals surface area contributed by atoms with E-state index < -0.39 is 30.3 Å². The van der Waals surface area contributed by atoms with E-state index in [1.54, 1.807) is 12.1 Å². The molecule has 0 unspecified atom stereocenters. The van der Waals surface area contributed by atoms with Crippen molar-refractivity contribution in [3.05, 3.63) is 47.5 Å².